The number of fused-ring (bicyclic) bond motifs is 5. The first-order valence-corrected chi connectivity index (χ1v) is 13.3. The number of ether oxygens (including phenoxy) is 3. The number of rotatable bonds is 10. The molecule has 0 radical (unpaired) electrons. The van der Waals surface area contributed by atoms with E-state index in [2.05, 4.69) is 0 Å². The van der Waals surface area contributed by atoms with Gasteiger partial charge in [-0.1, -0.05) is 39.3 Å². The van der Waals surface area contributed by atoms with E-state index in [1.165, 1.54) is 0 Å². The van der Waals surface area contributed by atoms with E-state index in [0.717, 1.165) is 18.4 Å². The molecular formula is C28H40O8. The molecule has 0 spiro atoms. The number of allylic oxidation sites excluding steroid dienone is 4. The third-order valence-corrected chi connectivity index (χ3v) is 9.23. The highest BCUT2D eigenvalue weighted by Gasteiger charge is 2.68. The first-order chi connectivity index (χ1) is 16.9. The SMILES string of the molecule is CCCOC(O)(OCCC)OCC(=O)[C@@]1(O)CC[C@H]2[C@@H]3CCC4=CC(=O)C=C[C@]4(C)[C@H]3C(=O)C[C@@]21C. The van der Waals surface area contributed by atoms with Crippen molar-refractivity contribution in [2.75, 3.05) is 19.8 Å². The van der Waals surface area contributed by atoms with Crippen LogP contribution >= 0.6 is 0 Å². The molecule has 0 unspecified atom stereocenters. The quantitative estimate of drug-likeness (QED) is 0.435. The molecule has 4 rings (SSSR count). The third kappa shape index (κ3) is 4.35. The lowest BCUT2D eigenvalue weighted by Crippen LogP contribution is -2.61. The number of hydrogen-bond acceptors (Lipinski definition) is 8. The highest BCUT2D eigenvalue weighted by Crippen LogP contribution is 2.66. The van der Waals surface area contributed by atoms with Gasteiger partial charge in [0.2, 0.25) is 0 Å². The van der Waals surface area contributed by atoms with E-state index < -0.39 is 35.0 Å². The Hall–Kier alpha value is -1.71. The van der Waals surface area contributed by atoms with E-state index in [1.807, 2.05) is 33.8 Å². The average Bonchev–Trinajstić information content (AvgIpc) is 3.11. The zero-order valence-electron chi connectivity index (χ0n) is 21.9. The second kappa shape index (κ2) is 9.87. The zero-order chi connectivity index (χ0) is 26.4. The van der Waals surface area contributed by atoms with Crippen LogP contribution in [0.5, 0.6) is 0 Å². The molecule has 0 aliphatic heterocycles. The number of hydrogen-bond donors (Lipinski definition) is 2. The van der Waals surface area contributed by atoms with Gasteiger partial charge in [0.1, 0.15) is 18.0 Å². The first-order valence-electron chi connectivity index (χ1n) is 13.3. The Balaban J connectivity index is 1.54. The summed E-state index contributed by atoms with van der Waals surface area (Å²) in [7, 11) is 0. The van der Waals surface area contributed by atoms with Crippen LogP contribution in [0.1, 0.15) is 72.6 Å². The molecule has 36 heavy (non-hydrogen) atoms. The largest absolute Gasteiger partial charge is 0.410 e. The summed E-state index contributed by atoms with van der Waals surface area (Å²) in [6, 6.07) is 0. The van der Waals surface area contributed by atoms with Gasteiger partial charge < -0.3 is 19.7 Å². The van der Waals surface area contributed by atoms with Gasteiger partial charge in [-0.3, -0.25) is 19.1 Å². The topological polar surface area (TPSA) is 119 Å². The van der Waals surface area contributed by atoms with Gasteiger partial charge in [-0.25, -0.2) is 0 Å². The van der Waals surface area contributed by atoms with Crippen molar-refractivity contribution < 1.29 is 38.8 Å². The molecule has 8 nitrogen and oxygen atoms in total. The summed E-state index contributed by atoms with van der Waals surface area (Å²) in [4.78, 5) is 39.1. The van der Waals surface area contributed by atoms with Crippen molar-refractivity contribution >= 4 is 17.3 Å². The minimum atomic E-state index is -2.37. The molecule has 4 aliphatic rings. The molecule has 0 amide bonds. The van der Waals surface area contributed by atoms with Crippen LogP contribution in [0.15, 0.2) is 23.8 Å². The highest BCUT2D eigenvalue weighted by atomic mass is 17.0. The van der Waals surface area contributed by atoms with Crippen LogP contribution in [0.4, 0.5) is 0 Å². The molecule has 3 fully saturated rings. The molecule has 0 heterocycles. The van der Waals surface area contributed by atoms with Crippen LogP contribution in [0.25, 0.3) is 0 Å². The van der Waals surface area contributed by atoms with Gasteiger partial charge >= 0.3 is 6.16 Å². The Morgan fingerprint density at radius 2 is 1.78 bits per heavy atom. The minimum Gasteiger partial charge on any atom is -0.381 e. The van der Waals surface area contributed by atoms with Crippen molar-refractivity contribution in [1.29, 1.82) is 0 Å². The molecule has 4 aliphatic carbocycles. The Bertz CT molecular complexity index is 961. The van der Waals surface area contributed by atoms with E-state index in [9.17, 15) is 24.6 Å². The lowest BCUT2D eigenvalue weighted by Gasteiger charge is -2.56. The van der Waals surface area contributed by atoms with Gasteiger partial charge in [-0.15, -0.1) is 0 Å². The zero-order valence-corrected chi connectivity index (χ0v) is 21.9. The molecule has 8 heteroatoms. The molecule has 0 saturated heterocycles. The summed E-state index contributed by atoms with van der Waals surface area (Å²) in [6.07, 6.45) is 6.37. The van der Waals surface area contributed by atoms with Gasteiger partial charge in [0, 0.05) is 23.2 Å². The van der Waals surface area contributed by atoms with Gasteiger partial charge in [0.25, 0.3) is 0 Å². The number of aliphatic hydroxyl groups is 2. The van der Waals surface area contributed by atoms with Crippen molar-refractivity contribution in [2.45, 2.75) is 84.4 Å². The Morgan fingerprint density at radius 3 is 2.42 bits per heavy atom. The van der Waals surface area contributed by atoms with Gasteiger partial charge in [0.05, 0.1) is 13.2 Å². The van der Waals surface area contributed by atoms with E-state index in [1.54, 1.807) is 12.2 Å². The maximum absolute atomic E-state index is 13.7. The molecule has 0 aromatic carbocycles. The van der Waals surface area contributed by atoms with Crippen LogP contribution in [0, 0.1) is 28.6 Å². The number of Topliss-reactive ketones (excluding diaryl/α,β-unsaturated/α-hetero) is 2. The van der Waals surface area contributed by atoms with E-state index >= 15 is 0 Å². The van der Waals surface area contributed by atoms with E-state index in [-0.39, 0.29) is 55.4 Å². The lowest BCUT2D eigenvalue weighted by molar-refractivity contribution is -0.483. The highest BCUT2D eigenvalue weighted by molar-refractivity contribution is 6.02. The fourth-order valence-electron chi connectivity index (χ4n) is 7.35. The normalized spacial score (nSPS) is 37.8. The van der Waals surface area contributed by atoms with E-state index in [0.29, 0.717) is 19.3 Å². The molecule has 0 aromatic heterocycles. The predicted molar refractivity (Wildman–Crippen MR) is 130 cm³/mol. The van der Waals surface area contributed by atoms with Crippen molar-refractivity contribution in [2.24, 2.45) is 28.6 Å². The maximum atomic E-state index is 13.7. The van der Waals surface area contributed by atoms with Crippen LogP contribution in [-0.2, 0) is 28.6 Å². The molecule has 3 saturated carbocycles. The van der Waals surface area contributed by atoms with Crippen molar-refractivity contribution in [1.82, 2.24) is 0 Å². The molecule has 0 bridgehead atoms. The lowest BCUT2D eigenvalue weighted by atomic mass is 9.46. The van der Waals surface area contributed by atoms with Crippen molar-refractivity contribution in [3.63, 3.8) is 0 Å². The summed E-state index contributed by atoms with van der Waals surface area (Å²) >= 11 is 0. The Labute approximate surface area is 213 Å². The standard InChI is InChI=1S/C28H40O8/c1-5-13-34-28(33,35-14-6-2)36-17-23(31)27(32)12-10-21-20-8-7-18-15-19(29)9-11-25(18,3)24(20)22(30)16-26(21,27)4/h9,11,15,20-21,24,32-33H,5-8,10,12-14,16-17H2,1-4H3/t20-,21-,24+,25-,26-,27-/m0/s1. The summed E-state index contributed by atoms with van der Waals surface area (Å²) < 4.78 is 16.0. The number of carbonyl (C=O) groups is 3. The number of carbonyl (C=O) groups excluding carboxylic acids is 3. The van der Waals surface area contributed by atoms with Gasteiger partial charge in [-0.2, -0.15) is 0 Å². The van der Waals surface area contributed by atoms with Crippen LogP contribution in [0.3, 0.4) is 0 Å². The fourth-order valence-corrected chi connectivity index (χ4v) is 7.35. The summed E-state index contributed by atoms with van der Waals surface area (Å²) in [5.74, 6) is -0.886. The van der Waals surface area contributed by atoms with Crippen LogP contribution in [-0.4, -0.2) is 59.1 Å². The second-order valence-corrected chi connectivity index (χ2v) is 11.4. The van der Waals surface area contributed by atoms with Crippen LogP contribution in [0.2, 0.25) is 0 Å². The predicted octanol–water partition coefficient (Wildman–Crippen LogP) is 3.25. The number of ketones is 3. The fraction of sp³-hybridized carbons (Fsp3) is 0.750. The molecular weight excluding hydrogens is 464 g/mol. The van der Waals surface area contributed by atoms with Gasteiger partial charge in [0.15, 0.2) is 11.6 Å². The second-order valence-electron chi connectivity index (χ2n) is 11.4. The summed E-state index contributed by atoms with van der Waals surface area (Å²) in [5, 5.41) is 22.4. The molecule has 200 valence electrons. The summed E-state index contributed by atoms with van der Waals surface area (Å²) in [5.41, 5.74) is -2.20. The summed E-state index contributed by atoms with van der Waals surface area (Å²) in [6.45, 7) is 7.36. The Kier molecular flexibility index (Phi) is 7.50. The molecule has 6 atom stereocenters. The molecule has 2 N–H and O–H groups in total. The molecule has 0 aromatic rings. The minimum absolute atomic E-state index is 0.0108. The Morgan fingerprint density at radius 1 is 1.11 bits per heavy atom. The van der Waals surface area contributed by atoms with Gasteiger partial charge in [-0.05, 0) is 62.5 Å². The van der Waals surface area contributed by atoms with Crippen molar-refractivity contribution in [3.05, 3.63) is 23.8 Å². The third-order valence-electron chi connectivity index (χ3n) is 9.23. The maximum Gasteiger partial charge on any atom is 0.410 e. The smallest absolute Gasteiger partial charge is 0.381 e. The van der Waals surface area contributed by atoms with Crippen molar-refractivity contribution in [3.8, 4) is 0 Å². The first kappa shape index (κ1) is 27.3. The monoisotopic (exact) mass is 504 g/mol. The average molecular weight is 505 g/mol. The van der Waals surface area contributed by atoms with Crippen LogP contribution < -0.4 is 0 Å². The van der Waals surface area contributed by atoms with E-state index in [4.69, 9.17) is 14.2 Å².